The normalized spacial score (nSPS) is 11.1. The first-order chi connectivity index (χ1) is 8.42. The molecular formula is C13H15N3OSi. The van der Waals surface area contributed by atoms with Crippen molar-refractivity contribution in [3.8, 4) is 11.5 Å². The summed E-state index contributed by atoms with van der Waals surface area (Å²) in [5.41, 5.74) is 5.93. The fraction of sp³-hybridized carbons (Fsp3) is 0.308. The highest BCUT2D eigenvalue weighted by atomic mass is 28.3. The van der Waals surface area contributed by atoms with Gasteiger partial charge in [-0.1, -0.05) is 25.6 Å². The van der Waals surface area contributed by atoms with E-state index in [9.17, 15) is 4.79 Å². The molecule has 0 amide bonds. The lowest BCUT2D eigenvalue weighted by molar-refractivity contribution is 0.112. The standard InChI is InChI=1S/C13H15N3OSi/c1-9-10(8-17)13-11(5-6-18(2,3)4)15-16-12(13)7-14-9/h7-8H,1-4H3,(H,15,16). The Hall–Kier alpha value is -1.93. The number of aromatic nitrogens is 3. The van der Waals surface area contributed by atoms with Gasteiger partial charge < -0.3 is 0 Å². The highest BCUT2D eigenvalue weighted by molar-refractivity contribution is 6.83. The lowest BCUT2D eigenvalue weighted by atomic mass is 10.1. The molecule has 1 N–H and O–H groups in total. The minimum Gasteiger partial charge on any atom is -0.298 e. The summed E-state index contributed by atoms with van der Waals surface area (Å²) in [5, 5.41) is 7.80. The molecular weight excluding hydrogens is 242 g/mol. The molecule has 0 saturated carbocycles. The first-order valence-electron chi connectivity index (χ1n) is 5.74. The van der Waals surface area contributed by atoms with Gasteiger partial charge in [-0.25, -0.2) is 0 Å². The fourth-order valence-corrected chi connectivity index (χ4v) is 2.12. The average molecular weight is 257 g/mol. The lowest BCUT2D eigenvalue weighted by Gasteiger charge is -2.03. The van der Waals surface area contributed by atoms with Crippen molar-refractivity contribution in [1.82, 2.24) is 15.2 Å². The summed E-state index contributed by atoms with van der Waals surface area (Å²) in [7, 11) is -1.45. The lowest BCUT2D eigenvalue weighted by Crippen LogP contribution is -2.16. The molecule has 0 aliphatic heterocycles. The summed E-state index contributed by atoms with van der Waals surface area (Å²) in [5.74, 6) is 3.12. The van der Waals surface area contributed by atoms with Gasteiger partial charge in [0, 0.05) is 16.6 Å². The van der Waals surface area contributed by atoms with Crippen LogP contribution in [0.5, 0.6) is 0 Å². The largest absolute Gasteiger partial charge is 0.298 e. The van der Waals surface area contributed by atoms with E-state index in [1.807, 2.05) is 6.92 Å². The Morgan fingerprint density at radius 1 is 1.39 bits per heavy atom. The molecule has 0 aliphatic rings. The number of fused-ring (bicyclic) bond motifs is 1. The zero-order chi connectivity index (χ0) is 13.3. The monoisotopic (exact) mass is 257 g/mol. The van der Waals surface area contributed by atoms with E-state index in [2.05, 4.69) is 46.3 Å². The van der Waals surface area contributed by atoms with Crippen molar-refractivity contribution in [2.45, 2.75) is 26.6 Å². The Kier molecular flexibility index (Phi) is 3.05. The molecule has 0 unspecified atom stereocenters. The van der Waals surface area contributed by atoms with Crippen molar-refractivity contribution < 1.29 is 4.79 Å². The summed E-state index contributed by atoms with van der Waals surface area (Å²) in [4.78, 5) is 15.3. The topological polar surface area (TPSA) is 58.6 Å². The molecule has 4 nitrogen and oxygen atoms in total. The molecule has 0 radical (unpaired) electrons. The van der Waals surface area contributed by atoms with Gasteiger partial charge in [-0.2, -0.15) is 5.10 Å². The van der Waals surface area contributed by atoms with E-state index in [-0.39, 0.29) is 0 Å². The molecule has 2 rings (SSSR count). The first kappa shape index (κ1) is 12.5. The van der Waals surface area contributed by atoms with E-state index in [1.54, 1.807) is 6.20 Å². The minimum absolute atomic E-state index is 0.570. The number of aldehydes is 1. The van der Waals surface area contributed by atoms with Gasteiger partial charge in [-0.3, -0.25) is 14.9 Å². The van der Waals surface area contributed by atoms with Gasteiger partial charge in [0.2, 0.25) is 0 Å². The molecule has 0 aromatic carbocycles. The minimum atomic E-state index is -1.45. The fourth-order valence-electron chi connectivity index (χ4n) is 1.62. The number of carbonyl (C=O) groups excluding carboxylic acids is 1. The van der Waals surface area contributed by atoms with Crippen LogP contribution in [0.25, 0.3) is 10.9 Å². The van der Waals surface area contributed by atoms with Gasteiger partial charge in [-0.15, -0.1) is 5.54 Å². The summed E-state index contributed by atoms with van der Waals surface area (Å²) in [6.07, 6.45) is 2.48. The van der Waals surface area contributed by atoms with Crippen LogP contribution in [0.15, 0.2) is 6.20 Å². The summed E-state index contributed by atoms with van der Waals surface area (Å²) in [6.45, 7) is 8.33. The maximum Gasteiger partial charge on any atom is 0.152 e. The van der Waals surface area contributed by atoms with Gasteiger partial charge in [0.25, 0.3) is 0 Å². The van der Waals surface area contributed by atoms with Crippen LogP contribution in [0.4, 0.5) is 0 Å². The summed E-state index contributed by atoms with van der Waals surface area (Å²) < 4.78 is 0. The number of aromatic amines is 1. The number of rotatable bonds is 1. The highest BCUT2D eigenvalue weighted by Gasteiger charge is 2.13. The summed E-state index contributed by atoms with van der Waals surface area (Å²) >= 11 is 0. The average Bonchev–Trinajstić information content (AvgIpc) is 2.69. The number of pyridine rings is 1. The van der Waals surface area contributed by atoms with Crippen molar-refractivity contribution in [3.63, 3.8) is 0 Å². The second kappa shape index (κ2) is 4.39. The van der Waals surface area contributed by atoms with Gasteiger partial charge in [0.05, 0.1) is 6.20 Å². The van der Waals surface area contributed by atoms with E-state index < -0.39 is 8.07 Å². The van der Waals surface area contributed by atoms with Crippen LogP contribution in [0.2, 0.25) is 19.6 Å². The molecule has 2 aromatic rings. The van der Waals surface area contributed by atoms with Crippen LogP contribution in [0, 0.1) is 18.4 Å². The zero-order valence-corrected chi connectivity index (χ0v) is 12.0. The van der Waals surface area contributed by atoms with Crippen molar-refractivity contribution in [3.05, 3.63) is 23.1 Å². The van der Waals surface area contributed by atoms with Crippen molar-refractivity contribution in [2.75, 3.05) is 0 Å². The molecule has 0 atom stereocenters. The molecule has 0 bridgehead atoms. The van der Waals surface area contributed by atoms with Crippen LogP contribution in [-0.2, 0) is 0 Å². The number of nitrogens with one attached hydrogen (secondary N) is 1. The second-order valence-corrected chi connectivity index (χ2v) is 9.98. The third kappa shape index (κ3) is 2.34. The molecule has 2 aromatic heterocycles. The Labute approximate surface area is 107 Å². The molecule has 92 valence electrons. The van der Waals surface area contributed by atoms with Gasteiger partial charge in [0.15, 0.2) is 6.29 Å². The van der Waals surface area contributed by atoms with E-state index >= 15 is 0 Å². The molecule has 0 fully saturated rings. The van der Waals surface area contributed by atoms with Gasteiger partial charge in [-0.05, 0) is 6.92 Å². The number of hydrogen-bond acceptors (Lipinski definition) is 3. The second-order valence-electron chi connectivity index (χ2n) is 5.23. The first-order valence-corrected chi connectivity index (χ1v) is 9.24. The SMILES string of the molecule is Cc1ncc2n[nH]c(C#C[Si](C)(C)C)c2c1C=O. The Morgan fingerprint density at radius 3 is 2.72 bits per heavy atom. The van der Waals surface area contributed by atoms with E-state index in [0.717, 1.165) is 11.7 Å². The predicted octanol–water partition coefficient (Wildman–Crippen LogP) is 2.31. The Balaban J connectivity index is 2.69. The number of H-pyrrole nitrogens is 1. The third-order valence-corrected chi connectivity index (χ3v) is 3.39. The van der Waals surface area contributed by atoms with E-state index in [0.29, 0.717) is 22.5 Å². The number of carbonyl (C=O) groups is 1. The molecule has 18 heavy (non-hydrogen) atoms. The van der Waals surface area contributed by atoms with Crippen LogP contribution in [-0.4, -0.2) is 29.5 Å². The van der Waals surface area contributed by atoms with Gasteiger partial charge >= 0.3 is 0 Å². The van der Waals surface area contributed by atoms with Crippen molar-refractivity contribution >= 4 is 25.3 Å². The third-order valence-electron chi connectivity index (χ3n) is 2.51. The van der Waals surface area contributed by atoms with Gasteiger partial charge in [0.1, 0.15) is 19.3 Å². The van der Waals surface area contributed by atoms with Crippen LogP contribution < -0.4 is 0 Å². The van der Waals surface area contributed by atoms with Crippen molar-refractivity contribution in [2.24, 2.45) is 0 Å². The Bertz CT molecular complexity index is 671. The predicted molar refractivity (Wildman–Crippen MR) is 74.2 cm³/mol. The van der Waals surface area contributed by atoms with Crippen LogP contribution >= 0.6 is 0 Å². The van der Waals surface area contributed by atoms with Crippen LogP contribution in [0.3, 0.4) is 0 Å². The maximum atomic E-state index is 11.2. The maximum absolute atomic E-state index is 11.2. The van der Waals surface area contributed by atoms with Crippen LogP contribution in [0.1, 0.15) is 21.7 Å². The summed E-state index contributed by atoms with van der Waals surface area (Å²) in [6, 6.07) is 0. The van der Waals surface area contributed by atoms with Crippen molar-refractivity contribution in [1.29, 1.82) is 0 Å². The molecule has 5 heteroatoms. The smallest absolute Gasteiger partial charge is 0.152 e. The van der Waals surface area contributed by atoms with E-state index in [1.165, 1.54) is 0 Å². The highest BCUT2D eigenvalue weighted by Crippen LogP contribution is 2.20. The molecule has 0 saturated heterocycles. The number of hydrogen-bond donors (Lipinski definition) is 1. The number of aryl methyl sites for hydroxylation is 1. The van der Waals surface area contributed by atoms with E-state index in [4.69, 9.17) is 0 Å². The Morgan fingerprint density at radius 2 is 2.11 bits per heavy atom. The number of nitrogens with zero attached hydrogens (tertiary/aromatic N) is 2. The zero-order valence-electron chi connectivity index (χ0n) is 11.0. The molecule has 2 heterocycles. The molecule has 0 spiro atoms. The molecule has 0 aliphatic carbocycles. The quantitative estimate of drug-likeness (QED) is 0.484.